The number of ether oxygens (including phenoxy) is 1. The summed E-state index contributed by atoms with van der Waals surface area (Å²) >= 11 is 0. The number of aliphatic carboxylic acids is 1. The Morgan fingerprint density at radius 1 is 1.40 bits per heavy atom. The van der Waals surface area contributed by atoms with Crippen LogP contribution in [0.4, 0.5) is 5.69 Å². The lowest BCUT2D eigenvalue weighted by Gasteiger charge is -2.21. The van der Waals surface area contributed by atoms with E-state index in [0.29, 0.717) is 5.56 Å². The first-order valence-corrected chi connectivity index (χ1v) is 5.87. The summed E-state index contributed by atoms with van der Waals surface area (Å²) in [7, 11) is 1.11. The van der Waals surface area contributed by atoms with Crippen molar-refractivity contribution >= 4 is 17.6 Å². The molecule has 0 aromatic heterocycles. The smallest absolute Gasteiger partial charge is 0.322 e. The second-order valence-electron chi connectivity index (χ2n) is 4.51. The third-order valence-corrected chi connectivity index (χ3v) is 3.19. The molecule has 1 aromatic carbocycles. The van der Waals surface area contributed by atoms with Crippen LogP contribution in [0.15, 0.2) is 24.3 Å². The molecule has 1 atom stereocenters. The number of hydrogen-bond donors (Lipinski definition) is 1. The lowest BCUT2D eigenvalue weighted by atomic mass is 9.84. The molecule has 7 heteroatoms. The maximum atomic E-state index is 11.6. The van der Waals surface area contributed by atoms with Gasteiger partial charge in [-0.25, -0.2) is 0 Å². The topological polar surface area (TPSA) is 107 Å². The third kappa shape index (κ3) is 3.11. The molecule has 0 bridgehead atoms. The number of carbonyl (C=O) groups is 2. The minimum atomic E-state index is -1.72. The van der Waals surface area contributed by atoms with Crippen LogP contribution in [0.25, 0.3) is 0 Å². The number of carboxylic acid groups (broad SMARTS) is 1. The molecule has 1 rings (SSSR count). The number of carbonyl (C=O) groups excluding carboxylic acids is 1. The number of esters is 1. The SMILES string of the molecule is COC(=O)C(C)(CCc1ccccc1[N+](=O)[O-])C(=O)O. The van der Waals surface area contributed by atoms with E-state index in [1.165, 1.54) is 25.1 Å². The van der Waals surface area contributed by atoms with Crippen molar-refractivity contribution in [3.05, 3.63) is 39.9 Å². The Bertz CT molecular complexity index is 541. The van der Waals surface area contributed by atoms with E-state index in [-0.39, 0.29) is 18.5 Å². The Balaban J connectivity index is 2.97. The van der Waals surface area contributed by atoms with E-state index >= 15 is 0 Å². The fraction of sp³-hybridized carbons (Fsp3) is 0.385. The standard InChI is InChI=1S/C13H15NO6/c1-13(11(15)16,12(17)20-2)8-7-9-5-3-4-6-10(9)14(18)19/h3-6H,7-8H2,1-2H3,(H,15,16). The maximum absolute atomic E-state index is 11.6. The largest absolute Gasteiger partial charge is 0.480 e. The summed E-state index contributed by atoms with van der Waals surface area (Å²) in [4.78, 5) is 33.1. The lowest BCUT2D eigenvalue weighted by Crippen LogP contribution is -2.37. The predicted octanol–water partition coefficient (Wildman–Crippen LogP) is 1.79. The second-order valence-corrected chi connectivity index (χ2v) is 4.51. The molecule has 0 aliphatic heterocycles. The van der Waals surface area contributed by atoms with Gasteiger partial charge >= 0.3 is 11.9 Å². The van der Waals surface area contributed by atoms with Gasteiger partial charge in [0.15, 0.2) is 5.41 Å². The fourth-order valence-corrected chi connectivity index (χ4v) is 1.81. The molecule has 108 valence electrons. The van der Waals surface area contributed by atoms with Crippen molar-refractivity contribution in [1.29, 1.82) is 0 Å². The summed E-state index contributed by atoms with van der Waals surface area (Å²) in [5.41, 5.74) is -1.43. The number of para-hydroxylation sites is 1. The normalized spacial score (nSPS) is 13.3. The predicted molar refractivity (Wildman–Crippen MR) is 69.2 cm³/mol. The number of methoxy groups -OCH3 is 1. The molecule has 20 heavy (non-hydrogen) atoms. The fourth-order valence-electron chi connectivity index (χ4n) is 1.81. The van der Waals surface area contributed by atoms with Gasteiger partial charge in [-0.1, -0.05) is 18.2 Å². The molecule has 0 aliphatic carbocycles. The average Bonchev–Trinajstić information content (AvgIpc) is 2.43. The third-order valence-electron chi connectivity index (χ3n) is 3.19. The number of aryl methyl sites for hydroxylation is 1. The second kappa shape index (κ2) is 6.14. The van der Waals surface area contributed by atoms with Crippen LogP contribution < -0.4 is 0 Å². The van der Waals surface area contributed by atoms with Gasteiger partial charge in [0.2, 0.25) is 0 Å². The van der Waals surface area contributed by atoms with E-state index in [1.54, 1.807) is 6.07 Å². The van der Waals surface area contributed by atoms with Crippen LogP contribution in [0.3, 0.4) is 0 Å². The molecule has 0 heterocycles. The van der Waals surface area contributed by atoms with Crippen LogP contribution in [0.1, 0.15) is 18.9 Å². The highest BCUT2D eigenvalue weighted by Crippen LogP contribution is 2.28. The molecule has 1 N–H and O–H groups in total. The van der Waals surface area contributed by atoms with Crippen molar-refractivity contribution in [2.75, 3.05) is 7.11 Å². The number of carboxylic acids is 1. The zero-order valence-corrected chi connectivity index (χ0v) is 11.2. The van der Waals surface area contributed by atoms with Gasteiger partial charge in [-0.05, 0) is 19.8 Å². The Hall–Kier alpha value is -2.44. The highest BCUT2D eigenvalue weighted by molar-refractivity contribution is 5.98. The quantitative estimate of drug-likeness (QED) is 0.368. The van der Waals surface area contributed by atoms with E-state index in [4.69, 9.17) is 5.11 Å². The molecule has 7 nitrogen and oxygen atoms in total. The van der Waals surface area contributed by atoms with Crippen LogP contribution >= 0.6 is 0 Å². The highest BCUT2D eigenvalue weighted by Gasteiger charge is 2.42. The molecule has 0 saturated heterocycles. The molecular formula is C13H15NO6. The minimum Gasteiger partial charge on any atom is -0.480 e. The average molecular weight is 281 g/mol. The first-order chi connectivity index (χ1) is 9.32. The molecule has 0 spiro atoms. The van der Waals surface area contributed by atoms with E-state index in [9.17, 15) is 19.7 Å². The highest BCUT2D eigenvalue weighted by atomic mass is 16.6. The van der Waals surface area contributed by atoms with Gasteiger partial charge in [-0.15, -0.1) is 0 Å². The summed E-state index contributed by atoms with van der Waals surface area (Å²) in [6.45, 7) is 1.25. The van der Waals surface area contributed by atoms with Crippen molar-refractivity contribution in [3.8, 4) is 0 Å². The number of nitro benzene ring substituents is 1. The number of rotatable bonds is 6. The molecule has 1 unspecified atom stereocenters. The van der Waals surface area contributed by atoms with Crippen molar-refractivity contribution in [3.63, 3.8) is 0 Å². The molecule has 0 saturated carbocycles. The summed E-state index contributed by atoms with van der Waals surface area (Å²) < 4.78 is 4.49. The first-order valence-electron chi connectivity index (χ1n) is 5.87. The Kier molecular flexibility index (Phi) is 4.79. The van der Waals surface area contributed by atoms with Gasteiger partial charge in [0.05, 0.1) is 12.0 Å². The molecule has 0 radical (unpaired) electrons. The van der Waals surface area contributed by atoms with Crippen LogP contribution in [0.5, 0.6) is 0 Å². The Morgan fingerprint density at radius 3 is 2.50 bits per heavy atom. The summed E-state index contributed by atoms with van der Waals surface area (Å²) in [5, 5.41) is 20.0. The Labute approximate surface area is 115 Å². The minimum absolute atomic E-state index is 0.0835. The van der Waals surface area contributed by atoms with Crippen molar-refractivity contribution in [2.24, 2.45) is 5.41 Å². The van der Waals surface area contributed by atoms with Crippen LogP contribution in [-0.4, -0.2) is 29.1 Å². The van der Waals surface area contributed by atoms with Gasteiger partial charge in [0, 0.05) is 11.6 Å². The number of nitrogens with zero attached hydrogens (tertiary/aromatic N) is 1. The Morgan fingerprint density at radius 2 is 2.00 bits per heavy atom. The van der Waals surface area contributed by atoms with Gasteiger partial charge in [-0.2, -0.15) is 0 Å². The monoisotopic (exact) mass is 281 g/mol. The maximum Gasteiger partial charge on any atom is 0.322 e. The van der Waals surface area contributed by atoms with Crippen molar-refractivity contribution < 1.29 is 24.4 Å². The zero-order valence-electron chi connectivity index (χ0n) is 11.2. The molecule has 0 amide bonds. The van der Waals surface area contributed by atoms with E-state index in [2.05, 4.69) is 4.74 Å². The number of nitro groups is 1. The molecule has 0 aliphatic rings. The van der Waals surface area contributed by atoms with Crippen LogP contribution in [0.2, 0.25) is 0 Å². The van der Waals surface area contributed by atoms with E-state index in [1.807, 2.05) is 0 Å². The van der Waals surface area contributed by atoms with Gasteiger partial charge < -0.3 is 9.84 Å². The lowest BCUT2D eigenvalue weighted by molar-refractivity contribution is -0.385. The van der Waals surface area contributed by atoms with Gasteiger partial charge in [0.1, 0.15) is 0 Å². The molecule has 0 fully saturated rings. The van der Waals surface area contributed by atoms with Crippen LogP contribution in [-0.2, 0) is 20.7 Å². The van der Waals surface area contributed by atoms with Crippen molar-refractivity contribution in [1.82, 2.24) is 0 Å². The molecule has 1 aromatic rings. The van der Waals surface area contributed by atoms with E-state index in [0.717, 1.165) is 7.11 Å². The van der Waals surface area contributed by atoms with Gasteiger partial charge in [-0.3, -0.25) is 19.7 Å². The van der Waals surface area contributed by atoms with E-state index < -0.39 is 22.3 Å². The van der Waals surface area contributed by atoms with Crippen LogP contribution in [0, 0.1) is 15.5 Å². The summed E-state index contributed by atoms with van der Waals surface area (Å²) in [6, 6.07) is 6.03. The molecular weight excluding hydrogens is 266 g/mol. The summed E-state index contributed by atoms with van der Waals surface area (Å²) in [6.07, 6.45) is 0.00884. The number of benzene rings is 1. The van der Waals surface area contributed by atoms with Crippen molar-refractivity contribution in [2.45, 2.75) is 19.8 Å². The first kappa shape index (κ1) is 15.6. The zero-order chi connectivity index (χ0) is 15.3. The van der Waals surface area contributed by atoms with Gasteiger partial charge in [0.25, 0.3) is 5.69 Å². The number of hydrogen-bond acceptors (Lipinski definition) is 5. The summed E-state index contributed by atoms with van der Waals surface area (Å²) in [5.74, 6) is -2.19.